The Labute approximate surface area is 134 Å². The molecule has 3 N–H and O–H groups in total. The van der Waals surface area contributed by atoms with E-state index in [0.29, 0.717) is 30.1 Å². The Kier molecular flexibility index (Phi) is 3.67. The molecule has 0 aliphatic heterocycles. The van der Waals surface area contributed by atoms with Crippen molar-refractivity contribution in [2.75, 3.05) is 5.43 Å². The number of imidazole rings is 1. The van der Waals surface area contributed by atoms with Crippen LogP contribution in [0.4, 0.5) is 5.95 Å². The fourth-order valence-corrected chi connectivity index (χ4v) is 2.90. The lowest BCUT2D eigenvalue weighted by Gasteiger charge is -2.29. The number of aromatic nitrogens is 2. The van der Waals surface area contributed by atoms with Crippen LogP contribution in [0.5, 0.6) is 0 Å². The molecule has 0 unspecified atom stereocenters. The number of carbonyl (C=O) groups excluding carboxylic acids is 1. The van der Waals surface area contributed by atoms with Gasteiger partial charge in [0.1, 0.15) is 5.76 Å². The second kappa shape index (κ2) is 5.53. The molecule has 6 nitrogen and oxygen atoms in total. The maximum absolute atomic E-state index is 12.3. The van der Waals surface area contributed by atoms with E-state index in [0.717, 1.165) is 11.0 Å². The normalized spacial score (nSPS) is 18.6. The number of hydrogen-bond donors (Lipinski definition) is 3. The Morgan fingerprint density at radius 2 is 2.09 bits per heavy atom. The molecule has 0 fully saturated rings. The summed E-state index contributed by atoms with van der Waals surface area (Å²) in [5.74, 6) is 0.527. The van der Waals surface area contributed by atoms with E-state index < -0.39 is 0 Å². The SMILES string of the molecule is C/C(=N\Nc1nc2ccccc2[nH]1)C1=C(O)CC(C)(C)CC1=O. The van der Waals surface area contributed by atoms with Gasteiger partial charge in [0.25, 0.3) is 0 Å². The van der Waals surface area contributed by atoms with Gasteiger partial charge in [0, 0.05) is 12.8 Å². The number of hydrogen-bond acceptors (Lipinski definition) is 5. The van der Waals surface area contributed by atoms with Crippen LogP contribution in [-0.2, 0) is 4.79 Å². The van der Waals surface area contributed by atoms with Crippen molar-refractivity contribution in [1.29, 1.82) is 0 Å². The maximum atomic E-state index is 12.3. The van der Waals surface area contributed by atoms with Crippen LogP contribution in [-0.4, -0.2) is 26.6 Å². The van der Waals surface area contributed by atoms with Crippen molar-refractivity contribution in [2.45, 2.75) is 33.6 Å². The van der Waals surface area contributed by atoms with Gasteiger partial charge in [-0.2, -0.15) is 5.10 Å². The van der Waals surface area contributed by atoms with Crippen molar-refractivity contribution in [2.24, 2.45) is 10.5 Å². The molecule has 1 aromatic carbocycles. The van der Waals surface area contributed by atoms with Crippen LogP contribution in [0.2, 0.25) is 0 Å². The van der Waals surface area contributed by atoms with Gasteiger partial charge in [-0.3, -0.25) is 4.79 Å². The molecule has 0 saturated carbocycles. The first-order valence-corrected chi connectivity index (χ1v) is 7.56. The van der Waals surface area contributed by atoms with E-state index in [4.69, 9.17) is 0 Å². The summed E-state index contributed by atoms with van der Waals surface area (Å²) < 4.78 is 0. The number of H-pyrrole nitrogens is 1. The molecule has 0 bridgehead atoms. The molecule has 1 aromatic heterocycles. The lowest BCUT2D eigenvalue weighted by molar-refractivity contribution is -0.117. The highest BCUT2D eigenvalue weighted by Gasteiger charge is 2.34. The number of allylic oxidation sites excluding steroid dienone is 2. The lowest BCUT2D eigenvalue weighted by atomic mass is 9.76. The van der Waals surface area contributed by atoms with E-state index in [1.54, 1.807) is 6.92 Å². The van der Waals surface area contributed by atoms with Gasteiger partial charge < -0.3 is 10.1 Å². The van der Waals surface area contributed by atoms with Gasteiger partial charge in [-0.25, -0.2) is 10.4 Å². The molecule has 0 atom stereocenters. The molecule has 0 amide bonds. The number of nitrogens with zero attached hydrogens (tertiary/aromatic N) is 2. The van der Waals surface area contributed by atoms with Gasteiger partial charge in [-0.1, -0.05) is 26.0 Å². The van der Waals surface area contributed by atoms with E-state index in [2.05, 4.69) is 20.5 Å². The van der Waals surface area contributed by atoms with E-state index in [1.807, 2.05) is 38.1 Å². The van der Waals surface area contributed by atoms with Gasteiger partial charge in [-0.15, -0.1) is 0 Å². The molecule has 0 saturated heterocycles. The monoisotopic (exact) mass is 312 g/mol. The van der Waals surface area contributed by atoms with Crippen LogP contribution in [0, 0.1) is 5.41 Å². The molecule has 1 aliphatic rings. The number of benzene rings is 1. The van der Waals surface area contributed by atoms with Crippen molar-refractivity contribution in [3.8, 4) is 0 Å². The predicted octanol–water partition coefficient (Wildman–Crippen LogP) is 3.55. The summed E-state index contributed by atoms with van der Waals surface area (Å²) in [7, 11) is 0. The van der Waals surface area contributed by atoms with Crippen LogP contribution in [0.1, 0.15) is 33.6 Å². The van der Waals surface area contributed by atoms with Crippen LogP contribution < -0.4 is 5.43 Å². The standard InChI is InChI=1S/C17H20N4O2/c1-10(15-13(22)8-17(2,3)9-14(15)23)20-21-16-18-11-6-4-5-7-12(11)19-16/h4-7,22H,8-9H2,1-3H3,(H2,18,19,21)/b20-10+. The quantitative estimate of drug-likeness (QED) is 0.597. The smallest absolute Gasteiger partial charge is 0.222 e. The topological polar surface area (TPSA) is 90.4 Å². The number of Topliss-reactive ketones (excluding diaryl/α,β-unsaturated/α-hetero) is 1. The molecule has 2 aromatic rings. The first-order chi connectivity index (χ1) is 10.9. The van der Waals surface area contributed by atoms with E-state index in [-0.39, 0.29) is 17.0 Å². The number of hydrazone groups is 1. The summed E-state index contributed by atoms with van der Waals surface area (Å²) in [5.41, 5.74) is 5.12. The number of fused-ring (bicyclic) bond motifs is 1. The minimum absolute atomic E-state index is 0.0774. The number of para-hydroxylation sites is 2. The van der Waals surface area contributed by atoms with Crippen LogP contribution >= 0.6 is 0 Å². The first kappa shape index (κ1) is 15.3. The van der Waals surface area contributed by atoms with E-state index >= 15 is 0 Å². The van der Waals surface area contributed by atoms with Gasteiger partial charge in [0.15, 0.2) is 5.78 Å². The largest absolute Gasteiger partial charge is 0.511 e. The van der Waals surface area contributed by atoms with Crippen molar-refractivity contribution in [3.05, 3.63) is 35.6 Å². The van der Waals surface area contributed by atoms with Gasteiger partial charge >= 0.3 is 0 Å². The van der Waals surface area contributed by atoms with Gasteiger partial charge in [0.05, 0.1) is 22.3 Å². The van der Waals surface area contributed by atoms with Crippen molar-refractivity contribution in [1.82, 2.24) is 9.97 Å². The lowest BCUT2D eigenvalue weighted by Crippen LogP contribution is -2.28. The molecule has 0 radical (unpaired) electrons. The summed E-state index contributed by atoms with van der Waals surface area (Å²) in [4.78, 5) is 19.7. The molecule has 3 rings (SSSR count). The Balaban J connectivity index is 1.83. The fraction of sp³-hybridized carbons (Fsp3) is 0.353. The summed E-state index contributed by atoms with van der Waals surface area (Å²) in [6.07, 6.45) is 0.884. The highest BCUT2D eigenvalue weighted by Crippen LogP contribution is 2.36. The molecule has 1 heterocycles. The van der Waals surface area contributed by atoms with Crippen LogP contribution in [0.25, 0.3) is 11.0 Å². The summed E-state index contributed by atoms with van der Waals surface area (Å²) in [6.45, 7) is 5.64. The van der Waals surface area contributed by atoms with Gasteiger partial charge in [0.2, 0.25) is 5.95 Å². The predicted molar refractivity (Wildman–Crippen MR) is 90.5 cm³/mol. The third-order valence-corrected chi connectivity index (χ3v) is 3.93. The average molecular weight is 312 g/mol. The number of anilines is 1. The Morgan fingerprint density at radius 3 is 2.78 bits per heavy atom. The highest BCUT2D eigenvalue weighted by atomic mass is 16.3. The second-order valence-corrected chi connectivity index (χ2v) is 6.67. The van der Waals surface area contributed by atoms with Crippen molar-refractivity contribution < 1.29 is 9.90 Å². The Bertz CT molecular complexity index is 797. The van der Waals surface area contributed by atoms with E-state index in [9.17, 15) is 9.90 Å². The molecule has 1 aliphatic carbocycles. The highest BCUT2D eigenvalue weighted by molar-refractivity contribution is 6.22. The summed E-state index contributed by atoms with van der Waals surface area (Å²) >= 11 is 0. The molecule has 6 heteroatoms. The maximum Gasteiger partial charge on any atom is 0.222 e. The number of aliphatic hydroxyl groups excluding tert-OH is 1. The van der Waals surface area contributed by atoms with Crippen LogP contribution in [0.15, 0.2) is 40.7 Å². The first-order valence-electron chi connectivity index (χ1n) is 7.56. The average Bonchev–Trinajstić information content (AvgIpc) is 2.85. The zero-order chi connectivity index (χ0) is 16.6. The second-order valence-electron chi connectivity index (χ2n) is 6.67. The summed E-state index contributed by atoms with van der Waals surface area (Å²) in [6, 6.07) is 7.65. The number of aromatic amines is 1. The zero-order valence-electron chi connectivity index (χ0n) is 13.5. The van der Waals surface area contributed by atoms with Gasteiger partial charge in [-0.05, 0) is 24.5 Å². The molecular weight excluding hydrogens is 292 g/mol. The number of ketones is 1. The van der Waals surface area contributed by atoms with Crippen LogP contribution in [0.3, 0.4) is 0 Å². The Morgan fingerprint density at radius 1 is 1.35 bits per heavy atom. The number of nitrogens with one attached hydrogen (secondary N) is 2. The number of carbonyl (C=O) groups is 1. The minimum atomic E-state index is -0.211. The summed E-state index contributed by atoms with van der Waals surface area (Å²) in [5, 5.41) is 14.4. The fourth-order valence-electron chi connectivity index (χ4n) is 2.90. The zero-order valence-corrected chi connectivity index (χ0v) is 13.5. The molecular formula is C17H20N4O2. The molecule has 0 spiro atoms. The van der Waals surface area contributed by atoms with Crippen molar-refractivity contribution in [3.63, 3.8) is 0 Å². The number of rotatable bonds is 3. The van der Waals surface area contributed by atoms with E-state index in [1.165, 1.54) is 0 Å². The molecule has 120 valence electrons. The molecule has 23 heavy (non-hydrogen) atoms. The third-order valence-electron chi connectivity index (χ3n) is 3.93. The minimum Gasteiger partial charge on any atom is -0.511 e. The Hall–Kier alpha value is -2.63. The van der Waals surface area contributed by atoms with Crippen molar-refractivity contribution >= 4 is 28.5 Å². The number of aliphatic hydroxyl groups is 1. The third kappa shape index (κ3) is 3.11.